The molecule has 0 unspecified atom stereocenters. The lowest BCUT2D eigenvalue weighted by Gasteiger charge is -2.31. The van der Waals surface area contributed by atoms with Crippen LogP contribution in [-0.4, -0.2) is 31.2 Å². The van der Waals surface area contributed by atoms with E-state index in [0.29, 0.717) is 6.54 Å². The van der Waals surface area contributed by atoms with E-state index in [4.69, 9.17) is 10.5 Å². The zero-order valence-corrected chi connectivity index (χ0v) is 7.66. The van der Waals surface area contributed by atoms with Crippen LogP contribution in [0.1, 0.15) is 12.8 Å². The van der Waals surface area contributed by atoms with E-state index in [0.717, 1.165) is 12.8 Å². The van der Waals surface area contributed by atoms with E-state index in [1.807, 2.05) is 0 Å². The van der Waals surface area contributed by atoms with Gasteiger partial charge in [-0.3, -0.25) is 4.79 Å². The van der Waals surface area contributed by atoms with Crippen LogP contribution in [-0.2, 0) is 9.53 Å². The molecule has 0 aromatic heterocycles. The van der Waals surface area contributed by atoms with Crippen molar-refractivity contribution in [2.75, 3.05) is 13.2 Å². The first-order valence-corrected chi connectivity index (χ1v) is 4.47. The van der Waals surface area contributed by atoms with Gasteiger partial charge in [-0.15, -0.1) is 6.58 Å². The lowest BCUT2D eigenvalue weighted by Crippen LogP contribution is -2.43. The summed E-state index contributed by atoms with van der Waals surface area (Å²) in [6.07, 6.45) is 3.56. The number of nitrogens with one attached hydrogen (secondary N) is 1. The first-order valence-electron chi connectivity index (χ1n) is 4.47. The standard InChI is InChI=1S/C9H16N2O2/c1-2-3-11-9(12)6-13-8-4-7(10)5-8/h2,7-8H,1,3-6,10H2,(H,11,12). The van der Waals surface area contributed by atoms with Crippen LogP contribution >= 0.6 is 0 Å². The Morgan fingerprint density at radius 1 is 1.69 bits per heavy atom. The van der Waals surface area contributed by atoms with Crippen LogP contribution < -0.4 is 11.1 Å². The summed E-state index contributed by atoms with van der Waals surface area (Å²) in [5, 5.41) is 2.63. The molecule has 0 spiro atoms. The van der Waals surface area contributed by atoms with Gasteiger partial charge in [0.15, 0.2) is 0 Å². The van der Waals surface area contributed by atoms with E-state index < -0.39 is 0 Å². The molecule has 0 aromatic carbocycles. The summed E-state index contributed by atoms with van der Waals surface area (Å²) in [6.45, 7) is 4.12. The highest BCUT2D eigenvalue weighted by Gasteiger charge is 2.26. The van der Waals surface area contributed by atoms with Crippen molar-refractivity contribution in [3.8, 4) is 0 Å². The van der Waals surface area contributed by atoms with Crippen molar-refractivity contribution >= 4 is 5.91 Å². The number of hydrogen-bond donors (Lipinski definition) is 2. The van der Waals surface area contributed by atoms with Gasteiger partial charge in [-0.25, -0.2) is 0 Å². The Morgan fingerprint density at radius 3 is 2.92 bits per heavy atom. The Kier molecular flexibility index (Phi) is 3.92. The molecular formula is C9H16N2O2. The van der Waals surface area contributed by atoms with Gasteiger partial charge in [-0.05, 0) is 12.8 Å². The second-order valence-electron chi connectivity index (χ2n) is 3.26. The smallest absolute Gasteiger partial charge is 0.246 e. The van der Waals surface area contributed by atoms with Gasteiger partial charge in [0.1, 0.15) is 6.61 Å². The highest BCUT2D eigenvalue weighted by molar-refractivity contribution is 5.77. The maximum Gasteiger partial charge on any atom is 0.246 e. The fraction of sp³-hybridized carbons (Fsp3) is 0.667. The summed E-state index contributed by atoms with van der Waals surface area (Å²) in [6, 6.07) is 0.265. The first kappa shape index (κ1) is 10.2. The molecule has 0 aromatic rings. The molecule has 1 saturated carbocycles. The molecular weight excluding hydrogens is 168 g/mol. The van der Waals surface area contributed by atoms with E-state index in [1.54, 1.807) is 6.08 Å². The molecule has 1 aliphatic carbocycles. The molecule has 1 fully saturated rings. The minimum atomic E-state index is -0.0969. The number of carbonyl (C=O) groups is 1. The van der Waals surface area contributed by atoms with Crippen LogP contribution in [0, 0.1) is 0 Å². The molecule has 0 atom stereocenters. The van der Waals surface area contributed by atoms with Crippen molar-refractivity contribution < 1.29 is 9.53 Å². The topological polar surface area (TPSA) is 64.3 Å². The number of hydrogen-bond acceptors (Lipinski definition) is 3. The lowest BCUT2D eigenvalue weighted by molar-refractivity contribution is -0.129. The fourth-order valence-corrected chi connectivity index (χ4v) is 1.17. The average Bonchev–Trinajstić information content (AvgIpc) is 2.07. The summed E-state index contributed by atoms with van der Waals surface area (Å²) in [7, 11) is 0. The van der Waals surface area contributed by atoms with Crippen molar-refractivity contribution in [2.24, 2.45) is 5.73 Å². The van der Waals surface area contributed by atoms with Gasteiger partial charge >= 0.3 is 0 Å². The van der Waals surface area contributed by atoms with E-state index >= 15 is 0 Å². The predicted octanol–water partition coefficient (Wildman–Crippen LogP) is -0.205. The molecule has 0 bridgehead atoms. The molecule has 4 nitrogen and oxygen atoms in total. The van der Waals surface area contributed by atoms with Gasteiger partial charge in [-0.2, -0.15) is 0 Å². The number of rotatable bonds is 5. The number of nitrogens with two attached hydrogens (primary N) is 1. The van der Waals surface area contributed by atoms with Gasteiger partial charge in [0.25, 0.3) is 0 Å². The molecule has 1 amide bonds. The molecule has 1 rings (SSSR count). The van der Waals surface area contributed by atoms with Gasteiger partial charge in [0, 0.05) is 12.6 Å². The minimum absolute atomic E-state index is 0.0969. The molecule has 4 heteroatoms. The Morgan fingerprint density at radius 2 is 2.38 bits per heavy atom. The highest BCUT2D eigenvalue weighted by Crippen LogP contribution is 2.20. The zero-order chi connectivity index (χ0) is 9.68. The van der Waals surface area contributed by atoms with Crippen molar-refractivity contribution in [1.82, 2.24) is 5.32 Å². The lowest BCUT2D eigenvalue weighted by atomic mass is 9.90. The second-order valence-corrected chi connectivity index (χ2v) is 3.26. The van der Waals surface area contributed by atoms with Crippen LogP contribution in [0.25, 0.3) is 0 Å². The van der Waals surface area contributed by atoms with E-state index in [9.17, 15) is 4.79 Å². The van der Waals surface area contributed by atoms with Crippen LogP contribution in [0.15, 0.2) is 12.7 Å². The van der Waals surface area contributed by atoms with E-state index in [2.05, 4.69) is 11.9 Å². The summed E-state index contributed by atoms with van der Waals surface area (Å²) in [5.74, 6) is -0.0969. The van der Waals surface area contributed by atoms with Crippen LogP contribution in [0.4, 0.5) is 0 Å². The van der Waals surface area contributed by atoms with Crippen LogP contribution in [0.2, 0.25) is 0 Å². The Hall–Kier alpha value is -0.870. The Balaban J connectivity index is 1.99. The Bertz CT molecular complexity index is 188. The normalized spacial score (nSPS) is 26.2. The third-order valence-electron chi connectivity index (χ3n) is 2.02. The first-order chi connectivity index (χ1) is 6.22. The molecule has 3 N–H and O–H groups in total. The third kappa shape index (κ3) is 3.57. The maximum atomic E-state index is 11.0. The SMILES string of the molecule is C=CCNC(=O)COC1CC(N)C1. The summed E-state index contributed by atoms with van der Waals surface area (Å²) >= 11 is 0. The summed E-state index contributed by atoms with van der Waals surface area (Å²) < 4.78 is 5.28. The van der Waals surface area contributed by atoms with Crippen LogP contribution in [0.3, 0.4) is 0 Å². The molecule has 1 aliphatic rings. The highest BCUT2D eigenvalue weighted by atomic mass is 16.5. The molecule has 13 heavy (non-hydrogen) atoms. The van der Waals surface area contributed by atoms with Crippen molar-refractivity contribution in [2.45, 2.75) is 25.0 Å². The zero-order valence-electron chi connectivity index (χ0n) is 7.66. The largest absolute Gasteiger partial charge is 0.368 e. The van der Waals surface area contributed by atoms with Crippen molar-refractivity contribution in [1.29, 1.82) is 0 Å². The predicted molar refractivity (Wildman–Crippen MR) is 50.2 cm³/mol. The third-order valence-corrected chi connectivity index (χ3v) is 2.02. The van der Waals surface area contributed by atoms with Crippen molar-refractivity contribution in [3.05, 3.63) is 12.7 Å². The molecule has 0 radical (unpaired) electrons. The minimum Gasteiger partial charge on any atom is -0.368 e. The fourth-order valence-electron chi connectivity index (χ4n) is 1.17. The van der Waals surface area contributed by atoms with Gasteiger partial charge in [0.2, 0.25) is 5.91 Å². The maximum absolute atomic E-state index is 11.0. The number of amides is 1. The Labute approximate surface area is 78.1 Å². The van der Waals surface area contributed by atoms with E-state index in [1.165, 1.54) is 0 Å². The van der Waals surface area contributed by atoms with Crippen molar-refractivity contribution in [3.63, 3.8) is 0 Å². The van der Waals surface area contributed by atoms with Gasteiger partial charge in [-0.1, -0.05) is 6.08 Å². The summed E-state index contributed by atoms with van der Waals surface area (Å²) in [4.78, 5) is 11.0. The second kappa shape index (κ2) is 4.99. The number of ether oxygens (including phenoxy) is 1. The monoisotopic (exact) mass is 184 g/mol. The molecule has 0 heterocycles. The molecule has 0 aliphatic heterocycles. The quantitative estimate of drug-likeness (QED) is 0.581. The molecule has 0 saturated heterocycles. The van der Waals surface area contributed by atoms with Crippen LogP contribution in [0.5, 0.6) is 0 Å². The van der Waals surface area contributed by atoms with Gasteiger partial charge in [0.05, 0.1) is 6.10 Å². The molecule has 74 valence electrons. The van der Waals surface area contributed by atoms with E-state index in [-0.39, 0.29) is 24.7 Å². The number of carbonyl (C=O) groups excluding carboxylic acids is 1. The van der Waals surface area contributed by atoms with Gasteiger partial charge < -0.3 is 15.8 Å². The summed E-state index contributed by atoms with van der Waals surface area (Å²) in [5.41, 5.74) is 5.56. The average molecular weight is 184 g/mol.